The molecule has 1 heterocycles. The summed E-state index contributed by atoms with van der Waals surface area (Å²) >= 11 is 0. The normalized spacial score (nSPS) is 29.1. The van der Waals surface area contributed by atoms with Gasteiger partial charge in [-0.25, -0.2) is 9.59 Å². The zero-order valence-electron chi connectivity index (χ0n) is 12.5. The van der Waals surface area contributed by atoms with E-state index >= 15 is 0 Å². The molecular formula is C15H26N2O3. The molecule has 0 aromatic rings. The molecular weight excluding hydrogens is 256 g/mol. The van der Waals surface area contributed by atoms with Gasteiger partial charge in [0.2, 0.25) is 0 Å². The van der Waals surface area contributed by atoms with Gasteiger partial charge < -0.3 is 14.9 Å². The van der Waals surface area contributed by atoms with E-state index < -0.39 is 12.0 Å². The Labute approximate surface area is 120 Å². The number of fused-ring (bicyclic) bond motifs is 1. The summed E-state index contributed by atoms with van der Waals surface area (Å²) in [7, 11) is 0. The van der Waals surface area contributed by atoms with Crippen molar-refractivity contribution < 1.29 is 14.7 Å². The summed E-state index contributed by atoms with van der Waals surface area (Å²) in [6.07, 6.45) is 5.84. The predicted molar refractivity (Wildman–Crippen MR) is 76.6 cm³/mol. The first-order valence-electron chi connectivity index (χ1n) is 7.90. The zero-order valence-corrected chi connectivity index (χ0v) is 12.5. The standard InChI is InChI=1S/C15H26N2O3/c1-3-9-16(4-2)15(20)17-12-8-6-5-7-11(12)10-13(17)14(18)19/h11-13H,3-10H2,1-2H3,(H,18,19). The molecule has 1 aliphatic heterocycles. The molecule has 2 aliphatic rings. The van der Waals surface area contributed by atoms with Gasteiger partial charge in [0.1, 0.15) is 6.04 Å². The van der Waals surface area contributed by atoms with Gasteiger partial charge in [0, 0.05) is 19.1 Å². The van der Waals surface area contributed by atoms with Crippen LogP contribution in [0.3, 0.4) is 0 Å². The van der Waals surface area contributed by atoms with Gasteiger partial charge in [0.15, 0.2) is 0 Å². The van der Waals surface area contributed by atoms with Gasteiger partial charge in [-0.3, -0.25) is 0 Å². The zero-order chi connectivity index (χ0) is 14.7. The quantitative estimate of drug-likeness (QED) is 0.862. The Bertz CT molecular complexity index is 372. The average Bonchev–Trinajstić information content (AvgIpc) is 2.83. The molecule has 3 unspecified atom stereocenters. The number of carboxylic acids is 1. The van der Waals surface area contributed by atoms with Crippen molar-refractivity contribution in [2.45, 2.75) is 64.5 Å². The molecule has 2 amide bonds. The highest BCUT2D eigenvalue weighted by Crippen LogP contribution is 2.40. The van der Waals surface area contributed by atoms with E-state index in [1.165, 1.54) is 6.42 Å². The lowest BCUT2D eigenvalue weighted by Gasteiger charge is -2.36. The van der Waals surface area contributed by atoms with Crippen molar-refractivity contribution in [3.8, 4) is 0 Å². The van der Waals surface area contributed by atoms with Crippen LogP contribution in [0.5, 0.6) is 0 Å². The molecule has 1 N–H and O–H groups in total. The Kier molecular flexibility index (Phi) is 4.89. The van der Waals surface area contributed by atoms with Crippen LogP contribution in [-0.2, 0) is 4.79 Å². The third kappa shape index (κ3) is 2.76. The molecule has 1 saturated carbocycles. The fourth-order valence-corrected chi connectivity index (χ4v) is 3.78. The summed E-state index contributed by atoms with van der Waals surface area (Å²) in [5.74, 6) is -0.463. The number of amides is 2. The summed E-state index contributed by atoms with van der Waals surface area (Å²) < 4.78 is 0. The van der Waals surface area contributed by atoms with Crippen molar-refractivity contribution in [1.82, 2.24) is 9.80 Å². The van der Waals surface area contributed by atoms with E-state index in [2.05, 4.69) is 0 Å². The maximum Gasteiger partial charge on any atom is 0.326 e. The second-order valence-electron chi connectivity index (χ2n) is 5.97. The highest BCUT2D eigenvalue weighted by Gasteiger charge is 2.48. The molecule has 5 nitrogen and oxygen atoms in total. The molecule has 1 saturated heterocycles. The number of aliphatic carboxylic acids is 1. The van der Waals surface area contributed by atoms with Gasteiger partial charge in [-0.2, -0.15) is 0 Å². The number of likely N-dealkylation sites (tertiary alicyclic amines) is 1. The monoisotopic (exact) mass is 282 g/mol. The van der Waals surface area contributed by atoms with E-state index in [1.807, 2.05) is 13.8 Å². The second-order valence-corrected chi connectivity index (χ2v) is 5.97. The largest absolute Gasteiger partial charge is 0.480 e. The fraction of sp³-hybridized carbons (Fsp3) is 0.867. The Hall–Kier alpha value is -1.26. The van der Waals surface area contributed by atoms with E-state index in [4.69, 9.17) is 0 Å². The topological polar surface area (TPSA) is 60.9 Å². The van der Waals surface area contributed by atoms with Crippen LogP contribution < -0.4 is 0 Å². The lowest BCUT2D eigenvalue weighted by molar-refractivity contribution is -0.141. The van der Waals surface area contributed by atoms with Crippen LogP contribution in [0, 0.1) is 5.92 Å². The lowest BCUT2D eigenvalue weighted by Crippen LogP contribution is -2.52. The Morgan fingerprint density at radius 1 is 1.25 bits per heavy atom. The van der Waals surface area contributed by atoms with Crippen molar-refractivity contribution in [1.29, 1.82) is 0 Å². The molecule has 0 radical (unpaired) electrons. The first kappa shape index (κ1) is 15.1. The van der Waals surface area contributed by atoms with E-state index in [1.54, 1.807) is 9.80 Å². The predicted octanol–water partition coefficient (Wildman–Crippen LogP) is 2.56. The molecule has 2 rings (SSSR count). The smallest absolute Gasteiger partial charge is 0.326 e. The maximum atomic E-state index is 12.7. The number of rotatable bonds is 4. The van der Waals surface area contributed by atoms with Crippen molar-refractivity contribution in [2.75, 3.05) is 13.1 Å². The fourth-order valence-electron chi connectivity index (χ4n) is 3.78. The van der Waals surface area contributed by atoms with Gasteiger partial charge in [0.25, 0.3) is 0 Å². The highest BCUT2D eigenvalue weighted by atomic mass is 16.4. The molecule has 0 spiro atoms. The highest BCUT2D eigenvalue weighted by molar-refractivity contribution is 5.84. The van der Waals surface area contributed by atoms with Crippen molar-refractivity contribution in [3.05, 3.63) is 0 Å². The number of hydrogen-bond acceptors (Lipinski definition) is 2. The van der Waals surface area contributed by atoms with E-state index in [0.29, 0.717) is 25.4 Å². The summed E-state index contributed by atoms with van der Waals surface area (Å²) in [6, 6.07) is -0.555. The SMILES string of the molecule is CCCN(CC)C(=O)N1C(C(=O)O)CC2CCCCC21. The van der Waals surface area contributed by atoms with Crippen LogP contribution in [0.25, 0.3) is 0 Å². The summed E-state index contributed by atoms with van der Waals surface area (Å²) in [5.41, 5.74) is 0. The van der Waals surface area contributed by atoms with Crippen LogP contribution in [0.15, 0.2) is 0 Å². The molecule has 5 heteroatoms. The van der Waals surface area contributed by atoms with Gasteiger partial charge in [0.05, 0.1) is 0 Å². The number of carbonyl (C=O) groups excluding carboxylic acids is 1. The second kappa shape index (κ2) is 6.46. The number of hydrogen-bond donors (Lipinski definition) is 1. The van der Waals surface area contributed by atoms with Crippen molar-refractivity contribution in [2.24, 2.45) is 5.92 Å². The maximum absolute atomic E-state index is 12.7. The molecule has 0 bridgehead atoms. The molecule has 3 atom stereocenters. The molecule has 0 aromatic heterocycles. The lowest BCUT2D eigenvalue weighted by atomic mass is 9.85. The van der Waals surface area contributed by atoms with Crippen LogP contribution in [0.2, 0.25) is 0 Å². The van der Waals surface area contributed by atoms with Crippen LogP contribution >= 0.6 is 0 Å². The van der Waals surface area contributed by atoms with E-state index in [0.717, 1.165) is 25.7 Å². The molecule has 1 aliphatic carbocycles. The molecule has 114 valence electrons. The van der Waals surface area contributed by atoms with Crippen LogP contribution in [0.1, 0.15) is 52.4 Å². The number of nitrogens with zero attached hydrogens (tertiary/aromatic N) is 2. The van der Waals surface area contributed by atoms with Crippen LogP contribution in [-0.4, -0.2) is 52.1 Å². The van der Waals surface area contributed by atoms with Gasteiger partial charge in [-0.1, -0.05) is 19.8 Å². The summed E-state index contributed by atoms with van der Waals surface area (Å²) in [6.45, 7) is 5.35. The molecule has 20 heavy (non-hydrogen) atoms. The Morgan fingerprint density at radius 3 is 2.55 bits per heavy atom. The van der Waals surface area contributed by atoms with Crippen molar-refractivity contribution in [3.63, 3.8) is 0 Å². The van der Waals surface area contributed by atoms with Gasteiger partial charge in [-0.15, -0.1) is 0 Å². The van der Waals surface area contributed by atoms with Crippen molar-refractivity contribution >= 4 is 12.0 Å². The number of carbonyl (C=O) groups is 2. The minimum atomic E-state index is -0.847. The first-order valence-corrected chi connectivity index (χ1v) is 7.90. The third-order valence-electron chi connectivity index (χ3n) is 4.74. The third-order valence-corrected chi connectivity index (χ3v) is 4.74. The minimum Gasteiger partial charge on any atom is -0.480 e. The number of carboxylic acid groups (broad SMARTS) is 1. The van der Waals surface area contributed by atoms with Gasteiger partial charge >= 0.3 is 12.0 Å². The van der Waals surface area contributed by atoms with Crippen LogP contribution in [0.4, 0.5) is 4.79 Å². The Morgan fingerprint density at radius 2 is 1.95 bits per heavy atom. The van der Waals surface area contributed by atoms with Gasteiger partial charge in [-0.05, 0) is 38.5 Å². The molecule has 2 fully saturated rings. The average molecular weight is 282 g/mol. The minimum absolute atomic E-state index is 0.0730. The number of urea groups is 1. The first-order chi connectivity index (χ1) is 9.60. The Balaban J connectivity index is 2.19. The van der Waals surface area contributed by atoms with E-state index in [-0.39, 0.29) is 12.1 Å². The summed E-state index contributed by atoms with van der Waals surface area (Å²) in [4.78, 5) is 27.7. The summed E-state index contributed by atoms with van der Waals surface area (Å²) in [5, 5.41) is 9.45. The van der Waals surface area contributed by atoms with E-state index in [9.17, 15) is 14.7 Å². The molecule has 0 aromatic carbocycles.